The van der Waals surface area contributed by atoms with Crippen LogP contribution in [0.3, 0.4) is 0 Å². The molecule has 0 aliphatic heterocycles. The molecule has 0 fully saturated rings. The molecule has 1 N–H and O–H groups in total. The van der Waals surface area contributed by atoms with Gasteiger partial charge in [-0.05, 0) is 40.8 Å². The molecular weight excluding hydrogens is 372 g/mol. The summed E-state index contributed by atoms with van der Waals surface area (Å²) in [6.07, 6.45) is 3.58. The van der Waals surface area contributed by atoms with Crippen LogP contribution in [0.1, 0.15) is 22.0 Å². The third-order valence-electron chi connectivity index (χ3n) is 3.56. The van der Waals surface area contributed by atoms with Gasteiger partial charge in [0.15, 0.2) is 0 Å². The molecule has 0 aliphatic carbocycles. The largest absolute Gasteiger partial charge is 0.344 e. The lowest BCUT2D eigenvalue weighted by Gasteiger charge is -2.18. The van der Waals surface area contributed by atoms with Crippen LogP contribution >= 0.6 is 34.7 Å². The Balaban J connectivity index is 1.62. The number of hydrogen-bond acceptors (Lipinski definition) is 4. The lowest BCUT2D eigenvalue weighted by molar-refractivity contribution is -0.119. The number of carbonyl (C=O) groups excluding carboxylic acids is 1. The number of benzene rings is 1. The molecule has 3 rings (SSSR count). The lowest BCUT2D eigenvalue weighted by Crippen LogP contribution is -2.30. The summed E-state index contributed by atoms with van der Waals surface area (Å²) in [6.45, 7) is 0. The van der Waals surface area contributed by atoms with Crippen molar-refractivity contribution in [2.24, 2.45) is 0 Å². The molecule has 1 aromatic carbocycles. The zero-order valence-corrected chi connectivity index (χ0v) is 15.8. The van der Waals surface area contributed by atoms with E-state index in [0.717, 1.165) is 21.8 Å². The van der Waals surface area contributed by atoms with Crippen molar-refractivity contribution in [3.05, 3.63) is 87.3 Å². The van der Waals surface area contributed by atoms with E-state index in [-0.39, 0.29) is 11.9 Å². The number of amides is 1. The minimum Gasteiger partial charge on any atom is -0.344 e. The number of nitrogens with zero attached hydrogens (tertiary/aromatic N) is 1. The fourth-order valence-corrected chi connectivity index (χ4v) is 4.08. The first kappa shape index (κ1) is 18.0. The van der Waals surface area contributed by atoms with Crippen molar-refractivity contribution in [1.82, 2.24) is 10.3 Å². The SMILES string of the molecule is O=C(CSCc1cccnc1)NC(c1ccc(Cl)cc1)c1cccs1. The second kappa shape index (κ2) is 9.04. The molecule has 25 heavy (non-hydrogen) atoms. The third kappa shape index (κ3) is 5.33. The van der Waals surface area contributed by atoms with Gasteiger partial charge in [0.25, 0.3) is 0 Å². The number of pyridine rings is 1. The molecule has 0 saturated carbocycles. The predicted octanol–water partition coefficient (Wildman–Crippen LogP) is 4.94. The topological polar surface area (TPSA) is 42.0 Å². The molecule has 2 heterocycles. The molecule has 0 spiro atoms. The minimum absolute atomic E-state index is 0.0160. The van der Waals surface area contributed by atoms with Gasteiger partial charge in [0.1, 0.15) is 0 Å². The van der Waals surface area contributed by atoms with Crippen molar-refractivity contribution in [3.8, 4) is 0 Å². The molecule has 128 valence electrons. The molecule has 0 saturated heterocycles. The maximum absolute atomic E-state index is 12.4. The van der Waals surface area contributed by atoms with E-state index in [0.29, 0.717) is 10.8 Å². The van der Waals surface area contributed by atoms with Gasteiger partial charge in [0, 0.05) is 28.0 Å². The fraction of sp³-hybridized carbons (Fsp3) is 0.158. The number of halogens is 1. The van der Waals surface area contributed by atoms with E-state index < -0.39 is 0 Å². The monoisotopic (exact) mass is 388 g/mol. The average Bonchev–Trinajstić information content (AvgIpc) is 3.16. The second-order valence-electron chi connectivity index (χ2n) is 5.42. The number of rotatable bonds is 7. The maximum Gasteiger partial charge on any atom is 0.230 e. The first-order chi connectivity index (χ1) is 12.2. The number of aromatic nitrogens is 1. The summed E-state index contributed by atoms with van der Waals surface area (Å²) in [4.78, 5) is 17.6. The van der Waals surface area contributed by atoms with Gasteiger partial charge in [0.2, 0.25) is 5.91 Å². The van der Waals surface area contributed by atoms with E-state index in [1.807, 2.05) is 60.1 Å². The smallest absolute Gasteiger partial charge is 0.230 e. The van der Waals surface area contributed by atoms with Crippen LogP contribution in [0.4, 0.5) is 0 Å². The fourth-order valence-electron chi connectivity index (χ4n) is 2.38. The van der Waals surface area contributed by atoms with Crippen molar-refractivity contribution < 1.29 is 4.79 Å². The number of thiophene rings is 1. The first-order valence-electron chi connectivity index (χ1n) is 7.77. The average molecular weight is 389 g/mol. The molecule has 0 bridgehead atoms. The number of carbonyl (C=O) groups is 1. The molecule has 1 unspecified atom stereocenters. The Hall–Kier alpha value is -1.82. The molecule has 1 amide bonds. The van der Waals surface area contributed by atoms with Gasteiger partial charge in [0.05, 0.1) is 11.8 Å². The van der Waals surface area contributed by atoms with Crippen molar-refractivity contribution >= 4 is 40.6 Å². The van der Waals surface area contributed by atoms with Gasteiger partial charge in [-0.25, -0.2) is 0 Å². The van der Waals surface area contributed by atoms with E-state index in [2.05, 4.69) is 10.3 Å². The highest BCUT2D eigenvalue weighted by Gasteiger charge is 2.17. The molecule has 6 heteroatoms. The molecule has 2 aromatic heterocycles. The summed E-state index contributed by atoms with van der Waals surface area (Å²) in [7, 11) is 0. The number of hydrogen-bond donors (Lipinski definition) is 1. The van der Waals surface area contributed by atoms with Crippen LogP contribution in [-0.2, 0) is 10.5 Å². The summed E-state index contributed by atoms with van der Waals surface area (Å²) in [6, 6.07) is 15.4. The van der Waals surface area contributed by atoms with Gasteiger partial charge in [-0.15, -0.1) is 23.1 Å². The minimum atomic E-state index is -0.149. The van der Waals surface area contributed by atoms with E-state index in [9.17, 15) is 4.79 Å². The van der Waals surface area contributed by atoms with Crippen LogP contribution in [0, 0.1) is 0 Å². The van der Waals surface area contributed by atoms with Crippen LogP contribution in [0.15, 0.2) is 66.3 Å². The molecule has 3 aromatic rings. The van der Waals surface area contributed by atoms with Crippen molar-refractivity contribution in [1.29, 1.82) is 0 Å². The zero-order valence-electron chi connectivity index (χ0n) is 13.4. The number of thioether (sulfide) groups is 1. The summed E-state index contributed by atoms with van der Waals surface area (Å²) in [5.41, 5.74) is 2.14. The van der Waals surface area contributed by atoms with E-state index in [4.69, 9.17) is 11.6 Å². The Morgan fingerprint density at radius 3 is 2.72 bits per heavy atom. The van der Waals surface area contributed by atoms with Crippen LogP contribution < -0.4 is 5.32 Å². The molecule has 0 aliphatic rings. The van der Waals surface area contributed by atoms with Gasteiger partial charge >= 0.3 is 0 Å². The molecule has 3 nitrogen and oxygen atoms in total. The standard InChI is InChI=1S/C19H17ClN2OS2/c20-16-7-5-15(6-8-16)19(17-4-2-10-25-17)22-18(23)13-24-12-14-3-1-9-21-11-14/h1-11,19H,12-13H2,(H,22,23). The van der Waals surface area contributed by atoms with Crippen molar-refractivity contribution in [2.45, 2.75) is 11.8 Å². The third-order valence-corrected chi connectivity index (χ3v) is 5.75. The first-order valence-corrected chi connectivity index (χ1v) is 10.2. The molecule has 1 atom stereocenters. The zero-order chi connectivity index (χ0) is 17.5. The number of nitrogens with one attached hydrogen (secondary N) is 1. The van der Waals surface area contributed by atoms with Crippen molar-refractivity contribution in [2.75, 3.05) is 5.75 Å². The highest BCUT2D eigenvalue weighted by atomic mass is 35.5. The highest BCUT2D eigenvalue weighted by molar-refractivity contribution is 7.99. The molecular formula is C19H17ClN2OS2. The summed E-state index contributed by atoms with van der Waals surface area (Å²) < 4.78 is 0. The van der Waals surface area contributed by atoms with Gasteiger partial charge in [-0.3, -0.25) is 9.78 Å². The van der Waals surface area contributed by atoms with E-state index in [1.54, 1.807) is 29.3 Å². The Kier molecular flexibility index (Phi) is 6.50. The van der Waals surface area contributed by atoms with Gasteiger partial charge < -0.3 is 5.32 Å². The van der Waals surface area contributed by atoms with Crippen LogP contribution in [0.2, 0.25) is 5.02 Å². The van der Waals surface area contributed by atoms with E-state index >= 15 is 0 Å². The van der Waals surface area contributed by atoms with Crippen LogP contribution in [0.5, 0.6) is 0 Å². The molecule has 0 radical (unpaired) electrons. The van der Waals surface area contributed by atoms with E-state index in [1.165, 1.54) is 0 Å². The quantitative estimate of drug-likeness (QED) is 0.623. The Labute approximate surface area is 160 Å². The van der Waals surface area contributed by atoms with Crippen LogP contribution in [-0.4, -0.2) is 16.6 Å². The highest BCUT2D eigenvalue weighted by Crippen LogP contribution is 2.27. The Bertz CT molecular complexity index is 792. The normalized spacial score (nSPS) is 11.9. The summed E-state index contributed by atoms with van der Waals surface area (Å²) in [5.74, 6) is 1.19. The van der Waals surface area contributed by atoms with Gasteiger partial charge in [-0.2, -0.15) is 0 Å². The Morgan fingerprint density at radius 2 is 2.04 bits per heavy atom. The van der Waals surface area contributed by atoms with Gasteiger partial charge in [-0.1, -0.05) is 35.9 Å². The summed E-state index contributed by atoms with van der Waals surface area (Å²) >= 11 is 9.19. The maximum atomic E-state index is 12.4. The summed E-state index contributed by atoms with van der Waals surface area (Å²) in [5, 5.41) is 5.84. The second-order valence-corrected chi connectivity index (χ2v) is 7.82. The Morgan fingerprint density at radius 1 is 1.20 bits per heavy atom. The predicted molar refractivity (Wildman–Crippen MR) is 106 cm³/mol. The lowest BCUT2D eigenvalue weighted by atomic mass is 10.1. The van der Waals surface area contributed by atoms with Crippen molar-refractivity contribution in [3.63, 3.8) is 0 Å². The van der Waals surface area contributed by atoms with Crippen LogP contribution in [0.25, 0.3) is 0 Å².